The lowest BCUT2D eigenvalue weighted by Crippen LogP contribution is -2.18. The molecule has 0 aliphatic heterocycles. The molecular formula is C14H17BrClN3. The molecular weight excluding hydrogens is 326 g/mol. The van der Waals surface area contributed by atoms with E-state index in [9.17, 15) is 0 Å². The zero-order chi connectivity index (χ0) is 13.8. The van der Waals surface area contributed by atoms with Gasteiger partial charge in [-0.1, -0.05) is 33.6 Å². The van der Waals surface area contributed by atoms with Crippen molar-refractivity contribution >= 4 is 27.5 Å². The number of rotatable bonds is 5. The van der Waals surface area contributed by atoms with Crippen LogP contribution in [-0.2, 0) is 13.5 Å². The van der Waals surface area contributed by atoms with Crippen LogP contribution in [0.25, 0.3) is 0 Å². The van der Waals surface area contributed by atoms with Crippen molar-refractivity contribution in [2.45, 2.75) is 18.9 Å². The normalized spacial score (nSPS) is 12.6. The molecule has 2 rings (SSSR count). The fourth-order valence-corrected chi connectivity index (χ4v) is 3.14. The molecule has 1 aromatic carbocycles. The van der Waals surface area contributed by atoms with E-state index >= 15 is 0 Å². The Bertz CT molecular complexity index is 553. The van der Waals surface area contributed by atoms with Gasteiger partial charge < -0.3 is 5.32 Å². The predicted octanol–water partition coefficient (Wildman–Crippen LogP) is 3.73. The van der Waals surface area contributed by atoms with Crippen molar-refractivity contribution in [2.24, 2.45) is 7.05 Å². The van der Waals surface area contributed by atoms with Crippen LogP contribution in [0.4, 0.5) is 0 Å². The molecule has 1 N–H and O–H groups in total. The molecule has 0 saturated heterocycles. The van der Waals surface area contributed by atoms with Gasteiger partial charge in [0.2, 0.25) is 0 Å². The van der Waals surface area contributed by atoms with Crippen LogP contribution in [0.2, 0.25) is 5.02 Å². The van der Waals surface area contributed by atoms with Crippen molar-refractivity contribution in [2.75, 3.05) is 7.05 Å². The minimum absolute atomic E-state index is 0.293. The van der Waals surface area contributed by atoms with E-state index < -0.39 is 0 Å². The summed E-state index contributed by atoms with van der Waals surface area (Å²) in [6.07, 6.45) is 3.83. The SMILES string of the molecule is CNC(CCc1ccnn1C)c1ccc(Cl)cc1Br. The van der Waals surface area contributed by atoms with Gasteiger partial charge in [0.05, 0.1) is 0 Å². The van der Waals surface area contributed by atoms with Crippen LogP contribution < -0.4 is 5.32 Å². The summed E-state index contributed by atoms with van der Waals surface area (Å²) in [5, 5.41) is 8.30. The number of aromatic nitrogens is 2. The maximum Gasteiger partial charge on any atom is 0.0492 e. The highest BCUT2D eigenvalue weighted by atomic mass is 79.9. The van der Waals surface area contributed by atoms with Crippen molar-refractivity contribution in [3.05, 3.63) is 51.2 Å². The van der Waals surface area contributed by atoms with Crippen molar-refractivity contribution in [1.82, 2.24) is 15.1 Å². The molecule has 3 nitrogen and oxygen atoms in total. The van der Waals surface area contributed by atoms with E-state index in [2.05, 4.69) is 38.5 Å². The Morgan fingerprint density at radius 2 is 2.21 bits per heavy atom. The molecule has 0 fully saturated rings. The third-order valence-corrected chi connectivity index (χ3v) is 4.22. The third-order valence-electron chi connectivity index (χ3n) is 3.30. The summed E-state index contributed by atoms with van der Waals surface area (Å²) in [6.45, 7) is 0. The average molecular weight is 343 g/mol. The van der Waals surface area contributed by atoms with Gasteiger partial charge in [0.1, 0.15) is 0 Å². The van der Waals surface area contributed by atoms with Crippen molar-refractivity contribution < 1.29 is 0 Å². The largest absolute Gasteiger partial charge is 0.313 e. The molecule has 0 bridgehead atoms. The quantitative estimate of drug-likeness (QED) is 0.897. The van der Waals surface area contributed by atoms with E-state index in [4.69, 9.17) is 11.6 Å². The zero-order valence-electron chi connectivity index (χ0n) is 11.0. The first kappa shape index (κ1) is 14.6. The molecule has 0 radical (unpaired) electrons. The van der Waals surface area contributed by atoms with E-state index in [1.165, 1.54) is 11.3 Å². The molecule has 102 valence electrons. The molecule has 1 unspecified atom stereocenters. The van der Waals surface area contributed by atoms with Gasteiger partial charge in [-0.05, 0) is 43.7 Å². The van der Waals surface area contributed by atoms with E-state index in [1.807, 2.05) is 37.1 Å². The number of halogens is 2. The summed E-state index contributed by atoms with van der Waals surface area (Å²) in [4.78, 5) is 0. The smallest absolute Gasteiger partial charge is 0.0492 e. The second-order valence-electron chi connectivity index (χ2n) is 4.49. The number of hydrogen-bond donors (Lipinski definition) is 1. The van der Waals surface area contributed by atoms with Gasteiger partial charge in [-0.2, -0.15) is 5.10 Å². The van der Waals surface area contributed by atoms with Gasteiger partial charge in [-0.3, -0.25) is 4.68 Å². The van der Waals surface area contributed by atoms with Crippen LogP contribution in [0.3, 0.4) is 0 Å². The van der Waals surface area contributed by atoms with Crippen LogP contribution in [0.5, 0.6) is 0 Å². The molecule has 1 atom stereocenters. The standard InChI is InChI=1S/C14H17BrClN3/c1-17-14(6-4-11-7-8-18-19(11)2)12-5-3-10(16)9-13(12)15/h3,5,7-9,14,17H,4,6H2,1-2H3. The predicted molar refractivity (Wildman–Crippen MR) is 82.5 cm³/mol. The molecule has 5 heteroatoms. The van der Waals surface area contributed by atoms with E-state index in [0.717, 1.165) is 22.3 Å². The highest BCUT2D eigenvalue weighted by Crippen LogP contribution is 2.29. The Kier molecular flexibility index (Phi) is 5.02. The summed E-state index contributed by atoms with van der Waals surface area (Å²) in [5.41, 5.74) is 2.47. The van der Waals surface area contributed by atoms with Gasteiger partial charge >= 0.3 is 0 Å². The highest BCUT2D eigenvalue weighted by Gasteiger charge is 2.13. The number of nitrogens with one attached hydrogen (secondary N) is 1. The number of benzene rings is 1. The Balaban J connectivity index is 2.10. The number of aryl methyl sites for hydroxylation is 2. The Morgan fingerprint density at radius 3 is 2.79 bits per heavy atom. The first-order valence-corrected chi connectivity index (χ1v) is 7.38. The van der Waals surface area contributed by atoms with Crippen LogP contribution >= 0.6 is 27.5 Å². The summed E-state index contributed by atoms with van der Waals surface area (Å²) < 4.78 is 2.97. The van der Waals surface area contributed by atoms with E-state index in [-0.39, 0.29) is 0 Å². The van der Waals surface area contributed by atoms with Gasteiger partial charge in [0.25, 0.3) is 0 Å². The third kappa shape index (κ3) is 3.59. The number of hydrogen-bond acceptors (Lipinski definition) is 2. The Hall–Kier alpha value is -0.840. The monoisotopic (exact) mass is 341 g/mol. The molecule has 0 spiro atoms. The lowest BCUT2D eigenvalue weighted by Gasteiger charge is -2.18. The topological polar surface area (TPSA) is 29.9 Å². The first-order chi connectivity index (χ1) is 9.11. The van der Waals surface area contributed by atoms with Crippen LogP contribution in [-0.4, -0.2) is 16.8 Å². The van der Waals surface area contributed by atoms with Gasteiger partial charge in [0, 0.05) is 34.5 Å². The van der Waals surface area contributed by atoms with Crippen molar-refractivity contribution in [1.29, 1.82) is 0 Å². The molecule has 1 aromatic heterocycles. The molecule has 0 saturated carbocycles. The van der Waals surface area contributed by atoms with Crippen LogP contribution in [0.15, 0.2) is 34.9 Å². The van der Waals surface area contributed by atoms with E-state index in [0.29, 0.717) is 6.04 Å². The Labute approximate surface area is 127 Å². The maximum atomic E-state index is 5.98. The Morgan fingerprint density at radius 1 is 1.42 bits per heavy atom. The van der Waals surface area contributed by atoms with Gasteiger partial charge in [-0.15, -0.1) is 0 Å². The number of nitrogens with zero attached hydrogens (tertiary/aromatic N) is 2. The molecule has 0 aliphatic carbocycles. The minimum Gasteiger partial charge on any atom is -0.313 e. The molecule has 1 heterocycles. The van der Waals surface area contributed by atoms with Gasteiger partial charge in [0.15, 0.2) is 0 Å². The molecule has 0 aliphatic rings. The lowest BCUT2D eigenvalue weighted by molar-refractivity contribution is 0.534. The van der Waals surface area contributed by atoms with Crippen LogP contribution in [0.1, 0.15) is 23.7 Å². The summed E-state index contributed by atoms with van der Waals surface area (Å²) in [7, 11) is 3.96. The van der Waals surface area contributed by atoms with Crippen molar-refractivity contribution in [3.63, 3.8) is 0 Å². The minimum atomic E-state index is 0.293. The fourth-order valence-electron chi connectivity index (χ4n) is 2.18. The van der Waals surface area contributed by atoms with Crippen LogP contribution in [0, 0.1) is 0 Å². The first-order valence-electron chi connectivity index (χ1n) is 6.21. The maximum absolute atomic E-state index is 5.98. The second kappa shape index (κ2) is 6.55. The second-order valence-corrected chi connectivity index (χ2v) is 5.78. The molecule has 19 heavy (non-hydrogen) atoms. The zero-order valence-corrected chi connectivity index (χ0v) is 13.4. The lowest BCUT2D eigenvalue weighted by atomic mass is 10.0. The summed E-state index contributed by atoms with van der Waals surface area (Å²) in [6, 6.07) is 8.28. The summed E-state index contributed by atoms with van der Waals surface area (Å²) in [5.74, 6) is 0. The average Bonchev–Trinajstić information content (AvgIpc) is 2.78. The van der Waals surface area contributed by atoms with Crippen molar-refractivity contribution in [3.8, 4) is 0 Å². The fraction of sp³-hybridized carbons (Fsp3) is 0.357. The molecule has 0 amide bonds. The van der Waals surface area contributed by atoms with Gasteiger partial charge in [-0.25, -0.2) is 0 Å². The highest BCUT2D eigenvalue weighted by molar-refractivity contribution is 9.10. The summed E-state index contributed by atoms with van der Waals surface area (Å²) >= 11 is 9.56. The van der Waals surface area contributed by atoms with E-state index in [1.54, 1.807) is 0 Å². The molecule has 2 aromatic rings.